The number of benzene rings is 1. The Balaban J connectivity index is 1.52. The van der Waals surface area contributed by atoms with E-state index in [1.165, 1.54) is 6.33 Å². The van der Waals surface area contributed by atoms with Crippen molar-refractivity contribution in [3.8, 4) is 5.69 Å². The minimum Gasteiger partial charge on any atom is -0.466 e. The molecule has 1 aromatic heterocycles. The van der Waals surface area contributed by atoms with E-state index < -0.39 is 0 Å². The van der Waals surface area contributed by atoms with Gasteiger partial charge in [0.25, 0.3) is 0 Å². The quantitative estimate of drug-likeness (QED) is 0.753. The highest BCUT2D eigenvalue weighted by molar-refractivity contribution is 5.79. The summed E-state index contributed by atoms with van der Waals surface area (Å²) in [6.07, 6.45) is 3.21. The summed E-state index contributed by atoms with van der Waals surface area (Å²) in [5.74, 6) is -0.148. The molecular weight excluding hydrogens is 322 g/mol. The molecule has 0 N–H and O–H groups in total. The number of piperidine rings is 1. The first kappa shape index (κ1) is 17.1. The van der Waals surface area contributed by atoms with Crippen molar-refractivity contribution in [3.05, 3.63) is 36.2 Å². The molecule has 25 heavy (non-hydrogen) atoms. The van der Waals surface area contributed by atoms with Gasteiger partial charge in [0.2, 0.25) is 5.91 Å². The summed E-state index contributed by atoms with van der Waals surface area (Å²) in [5.41, 5.74) is 1.78. The SMILES string of the molecule is CCOC(=O)C1CCN(C(=O)Cc2ccc(-n3cnnn3)cc2)CC1. The minimum atomic E-state index is -0.146. The van der Waals surface area contributed by atoms with E-state index in [0.29, 0.717) is 39.0 Å². The van der Waals surface area contributed by atoms with Crippen molar-refractivity contribution in [2.45, 2.75) is 26.2 Å². The van der Waals surface area contributed by atoms with Gasteiger partial charge in [-0.05, 0) is 47.9 Å². The zero-order chi connectivity index (χ0) is 17.6. The van der Waals surface area contributed by atoms with Crippen LogP contribution in [0.1, 0.15) is 25.3 Å². The monoisotopic (exact) mass is 343 g/mol. The topological polar surface area (TPSA) is 90.2 Å². The van der Waals surface area contributed by atoms with Crippen molar-refractivity contribution >= 4 is 11.9 Å². The van der Waals surface area contributed by atoms with Crippen molar-refractivity contribution in [1.82, 2.24) is 25.1 Å². The van der Waals surface area contributed by atoms with Crippen LogP contribution in [0, 0.1) is 5.92 Å². The lowest BCUT2D eigenvalue weighted by molar-refractivity contribution is -0.151. The Morgan fingerprint density at radius 3 is 2.52 bits per heavy atom. The van der Waals surface area contributed by atoms with Crippen LogP contribution in [0.3, 0.4) is 0 Å². The van der Waals surface area contributed by atoms with Crippen molar-refractivity contribution in [2.24, 2.45) is 5.92 Å². The van der Waals surface area contributed by atoms with E-state index in [0.717, 1.165) is 11.3 Å². The van der Waals surface area contributed by atoms with E-state index >= 15 is 0 Å². The number of amides is 1. The van der Waals surface area contributed by atoms with Crippen LogP contribution < -0.4 is 0 Å². The zero-order valence-electron chi connectivity index (χ0n) is 14.2. The first-order valence-corrected chi connectivity index (χ1v) is 8.44. The van der Waals surface area contributed by atoms with Crippen LogP contribution in [-0.2, 0) is 20.7 Å². The van der Waals surface area contributed by atoms with Crippen molar-refractivity contribution in [3.63, 3.8) is 0 Å². The van der Waals surface area contributed by atoms with E-state index in [1.807, 2.05) is 29.2 Å². The lowest BCUT2D eigenvalue weighted by Crippen LogP contribution is -2.41. The highest BCUT2D eigenvalue weighted by atomic mass is 16.5. The maximum Gasteiger partial charge on any atom is 0.309 e. The van der Waals surface area contributed by atoms with Crippen molar-refractivity contribution < 1.29 is 14.3 Å². The van der Waals surface area contributed by atoms with Gasteiger partial charge in [0, 0.05) is 13.1 Å². The van der Waals surface area contributed by atoms with Gasteiger partial charge in [-0.3, -0.25) is 9.59 Å². The second kappa shape index (κ2) is 7.87. The molecule has 8 heteroatoms. The Morgan fingerprint density at radius 1 is 1.20 bits per heavy atom. The number of rotatable bonds is 5. The predicted octanol–water partition coefficient (Wildman–Crippen LogP) is 1.01. The Morgan fingerprint density at radius 2 is 1.92 bits per heavy atom. The van der Waals surface area contributed by atoms with E-state index in [2.05, 4.69) is 15.5 Å². The average molecular weight is 343 g/mol. The van der Waals surface area contributed by atoms with Gasteiger partial charge in [-0.2, -0.15) is 0 Å². The number of likely N-dealkylation sites (tertiary alicyclic amines) is 1. The molecule has 0 saturated carbocycles. The standard InChI is InChI=1S/C17H21N5O3/c1-2-25-17(24)14-7-9-21(10-8-14)16(23)11-13-3-5-15(6-4-13)22-12-18-19-20-22/h3-6,12,14H,2,7-11H2,1H3. The van der Waals surface area contributed by atoms with Gasteiger partial charge >= 0.3 is 5.97 Å². The van der Waals surface area contributed by atoms with Crippen LogP contribution in [0.25, 0.3) is 5.69 Å². The predicted molar refractivity (Wildman–Crippen MR) is 88.8 cm³/mol. The van der Waals surface area contributed by atoms with Gasteiger partial charge in [-0.1, -0.05) is 12.1 Å². The number of hydrogen-bond acceptors (Lipinski definition) is 6. The van der Waals surface area contributed by atoms with E-state index in [4.69, 9.17) is 4.74 Å². The van der Waals surface area contributed by atoms with Gasteiger partial charge in [0.1, 0.15) is 6.33 Å². The third-order valence-electron chi connectivity index (χ3n) is 4.37. The summed E-state index contributed by atoms with van der Waals surface area (Å²) < 4.78 is 6.62. The van der Waals surface area contributed by atoms with E-state index in [1.54, 1.807) is 11.6 Å². The summed E-state index contributed by atoms with van der Waals surface area (Å²) in [6, 6.07) is 7.57. The van der Waals surface area contributed by atoms with Crippen LogP contribution in [0.15, 0.2) is 30.6 Å². The highest BCUT2D eigenvalue weighted by Gasteiger charge is 2.28. The molecule has 0 atom stereocenters. The first-order valence-electron chi connectivity index (χ1n) is 8.44. The molecule has 0 unspecified atom stereocenters. The van der Waals surface area contributed by atoms with Gasteiger partial charge in [0.05, 0.1) is 24.6 Å². The summed E-state index contributed by atoms with van der Waals surface area (Å²) >= 11 is 0. The van der Waals surface area contributed by atoms with Crippen LogP contribution in [0.5, 0.6) is 0 Å². The van der Waals surface area contributed by atoms with Crippen LogP contribution in [-0.4, -0.2) is 56.7 Å². The molecule has 1 aliphatic heterocycles. The normalized spacial score (nSPS) is 15.2. The summed E-state index contributed by atoms with van der Waals surface area (Å²) in [6.45, 7) is 3.41. The number of carbonyl (C=O) groups excluding carboxylic acids is 2. The maximum absolute atomic E-state index is 12.5. The molecule has 1 aliphatic rings. The number of hydrogen-bond donors (Lipinski definition) is 0. The molecule has 2 aromatic rings. The molecule has 1 aromatic carbocycles. The second-order valence-electron chi connectivity index (χ2n) is 6.00. The fraction of sp³-hybridized carbons (Fsp3) is 0.471. The third-order valence-corrected chi connectivity index (χ3v) is 4.37. The largest absolute Gasteiger partial charge is 0.466 e. The summed E-state index contributed by atoms with van der Waals surface area (Å²) in [7, 11) is 0. The highest BCUT2D eigenvalue weighted by Crippen LogP contribution is 2.19. The molecule has 3 rings (SSSR count). The molecule has 1 fully saturated rings. The number of esters is 1. The van der Waals surface area contributed by atoms with Crippen LogP contribution in [0.2, 0.25) is 0 Å². The number of carbonyl (C=O) groups is 2. The van der Waals surface area contributed by atoms with Gasteiger partial charge in [0.15, 0.2) is 0 Å². The third kappa shape index (κ3) is 4.20. The number of ether oxygens (including phenoxy) is 1. The first-order chi connectivity index (χ1) is 12.2. The van der Waals surface area contributed by atoms with E-state index in [-0.39, 0.29) is 17.8 Å². The zero-order valence-corrected chi connectivity index (χ0v) is 14.2. The van der Waals surface area contributed by atoms with Gasteiger partial charge in [-0.15, -0.1) is 5.10 Å². The number of tetrazole rings is 1. The molecule has 132 valence electrons. The van der Waals surface area contributed by atoms with Crippen molar-refractivity contribution in [1.29, 1.82) is 0 Å². The Bertz CT molecular complexity index is 706. The Hall–Kier alpha value is -2.77. The fourth-order valence-corrected chi connectivity index (χ4v) is 2.96. The summed E-state index contributed by atoms with van der Waals surface area (Å²) in [4.78, 5) is 26.0. The Labute approximate surface area is 145 Å². The van der Waals surface area contributed by atoms with E-state index in [9.17, 15) is 9.59 Å². The molecule has 8 nitrogen and oxygen atoms in total. The fourth-order valence-electron chi connectivity index (χ4n) is 2.96. The lowest BCUT2D eigenvalue weighted by Gasteiger charge is -2.31. The number of aromatic nitrogens is 4. The van der Waals surface area contributed by atoms with Crippen LogP contribution >= 0.6 is 0 Å². The number of nitrogens with zero attached hydrogens (tertiary/aromatic N) is 5. The molecule has 0 aliphatic carbocycles. The van der Waals surface area contributed by atoms with Gasteiger partial charge in [-0.25, -0.2) is 4.68 Å². The molecule has 2 heterocycles. The maximum atomic E-state index is 12.5. The minimum absolute atomic E-state index is 0.0810. The molecule has 1 amide bonds. The lowest BCUT2D eigenvalue weighted by atomic mass is 9.96. The molecular formula is C17H21N5O3. The van der Waals surface area contributed by atoms with Crippen molar-refractivity contribution in [2.75, 3.05) is 19.7 Å². The Kier molecular flexibility index (Phi) is 5.37. The molecule has 0 bridgehead atoms. The molecule has 0 radical (unpaired) electrons. The average Bonchev–Trinajstić information content (AvgIpc) is 3.17. The second-order valence-corrected chi connectivity index (χ2v) is 6.00. The van der Waals surface area contributed by atoms with Crippen LogP contribution in [0.4, 0.5) is 0 Å². The summed E-state index contributed by atoms with van der Waals surface area (Å²) in [5, 5.41) is 11.0. The van der Waals surface area contributed by atoms with Gasteiger partial charge < -0.3 is 9.64 Å². The smallest absolute Gasteiger partial charge is 0.309 e. The molecule has 0 spiro atoms. The molecule has 1 saturated heterocycles.